The van der Waals surface area contributed by atoms with Crippen molar-refractivity contribution >= 4 is 5.97 Å². The molecule has 20 heavy (non-hydrogen) atoms. The smallest absolute Gasteiger partial charge is 0.335 e. The molecule has 0 saturated heterocycles. The van der Waals surface area contributed by atoms with Crippen molar-refractivity contribution in [3.8, 4) is 5.75 Å². The molecule has 1 fully saturated rings. The number of rotatable bonds is 8. The molecule has 1 aromatic rings. The Morgan fingerprint density at radius 1 is 1.35 bits per heavy atom. The van der Waals surface area contributed by atoms with E-state index in [4.69, 9.17) is 9.84 Å². The van der Waals surface area contributed by atoms with Gasteiger partial charge in [-0.1, -0.05) is 13.8 Å². The van der Waals surface area contributed by atoms with E-state index in [2.05, 4.69) is 19.2 Å². The van der Waals surface area contributed by atoms with Gasteiger partial charge in [0.05, 0.1) is 5.56 Å². The van der Waals surface area contributed by atoms with E-state index in [0.29, 0.717) is 17.8 Å². The summed E-state index contributed by atoms with van der Waals surface area (Å²) >= 11 is 0. The summed E-state index contributed by atoms with van der Waals surface area (Å²) in [5, 5.41) is 12.2. The Morgan fingerprint density at radius 2 is 2.00 bits per heavy atom. The Morgan fingerprint density at radius 3 is 2.50 bits per heavy atom. The van der Waals surface area contributed by atoms with E-state index in [1.54, 1.807) is 24.3 Å². The Bertz CT molecular complexity index is 449. The Balaban J connectivity index is 1.65. The number of carboxylic acids is 1. The van der Waals surface area contributed by atoms with Gasteiger partial charge < -0.3 is 15.2 Å². The second kappa shape index (κ2) is 6.27. The fraction of sp³-hybridized carbons (Fsp3) is 0.562. The molecule has 0 amide bonds. The third-order valence-corrected chi connectivity index (χ3v) is 4.24. The van der Waals surface area contributed by atoms with E-state index >= 15 is 0 Å². The summed E-state index contributed by atoms with van der Waals surface area (Å²) < 4.78 is 5.58. The molecule has 1 aliphatic rings. The molecule has 110 valence electrons. The molecule has 0 radical (unpaired) electrons. The lowest BCUT2D eigenvalue weighted by atomic mass is 9.92. The van der Waals surface area contributed by atoms with Gasteiger partial charge in [-0.2, -0.15) is 0 Å². The van der Waals surface area contributed by atoms with Gasteiger partial charge in [0.1, 0.15) is 12.4 Å². The molecule has 1 saturated carbocycles. The normalized spacial score (nSPS) is 16.1. The lowest BCUT2D eigenvalue weighted by Gasteiger charge is -2.20. The third-order valence-electron chi connectivity index (χ3n) is 4.24. The molecule has 0 heterocycles. The maximum Gasteiger partial charge on any atom is 0.335 e. The lowest BCUT2D eigenvalue weighted by Crippen LogP contribution is -2.30. The van der Waals surface area contributed by atoms with E-state index in [1.807, 2.05) is 0 Å². The minimum Gasteiger partial charge on any atom is -0.492 e. The van der Waals surface area contributed by atoms with Crippen LogP contribution in [-0.2, 0) is 0 Å². The van der Waals surface area contributed by atoms with Gasteiger partial charge in [0.2, 0.25) is 0 Å². The van der Waals surface area contributed by atoms with Crippen molar-refractivity contribution in [1.82, 2.24) is 5.32 Å². The average molecular weight is 277 g/mol. The van der Waals surface area contributed by atoms with E-state index in [9.17, 15) is 4.79 Å². The summed E-state index contributed by atoms with van der Waals surface area (Å²) in [6, 6.07) is 6.51. The molecule has 0 unspecified atom stereocenters. The molecule has 0 spiro atoms. The molecule has 2 N–H and O–H groups in total. The summed E-state index contributed by atoms with van der Waals surface area (Å²) in [4.78, 5) is 10.7. The van der Waals surface area contributed by atoms with E-state index in [0.717, 1.165) is 19.0 Å². The highest BCUT2D eigenvalue weighted by Crippen LogP contribution is 2.51. The highest BCUT2D eigenvalue weighted by molar-refractivity contribution is 5.87. The Hall–Kier alpha value is -1.55. The standard InChI is InChI=1S/C16H23NO3/c1-12(2)16(7-8-16)11-17-9-10-20-14-5-3-13(4-6-14)15(18)19/h3-6,12,17H,7-11H2,1-2H3,(H,18,19). The van der Waals surface area contributed by atoms with Gasteiger partial charge in [-0.15, -0.1) is 0 Å². The van der Waals surface area contributed by atoms with E-state index in [-0.39, 0.29) is 5.56 Å². The van der Waals surface area contributed by atoms with Crippen LogP contribution < -0.4 is 10.1 Å². The first-order valence-corrected chi connectivity index (χ1v) is 7.20. The van der Waals surface area contributed by atoms with Crippen molar-refractivity contribution in [2.75, 3.05) is 19.7 Å². The number of carboxylic acid groups (broad SMARTS) is 1. The molecule has 1 aromatic carbocycles. The second-order valence-electron chi connectivity index (χ2n) is 5.87. The van der Waals surface area contributed by atoms with Crippen LogP contribution in [0.3, 0.4) is 0 Å². The molecule has 0 bridgehead atoms. The zero-order chi connectivity index (χ0) is 14.6. The fourth-order valence-corrected chi connectivity index (χ4v) is 2.39. The van der Waals surface area contributed by atoms with Crippen LogP contribution >= 0.6 is 0 Å². The minimum atomic E-state index is -0.915. The minimum absolute atomic E-state index is 0.281. The van der Waals surface area contributed by atoms with Crippen LogP contribution in [0.5, 0.6) is 5.75 Å². The van der Waals surface area contributed by atoms with Gasteiger partial charge in [-0.3, -0.25) is 0 Å². The first kappa shape index (κ1) is 14.9. The number of aromatic carboxylic acids is 1. The van der Waals surface area contributed by atoms with Crippen LogP contribution in [0.2, 0.25) is 0 Å². The largest absolute Gasteiger partial charge is 0.492 e. The maximum atomic E-state index is 10.7. The highest BCUT2D eigenvalue weighted by Gasteiger charge is 2.44. The zero-order valence-corrected chi connectivity index (χ0v) is 12.2. The number of nitrogens with one attached hydrogen (secondary N) is 1. The number of hydrogen-bond donors (Lipinski definition) is 2. The van der Waals surface area contributed by atoms with Crippen molar-refractivity contribution in [2.24, 2.45) is 11.3 Å². The maximum absolute atomic E-state index is 10.7. The van der Waals surface area contributed by atoms with E-state index < -0.39 is 5.97 Å². The van der Waals surface area contributed by atoms with Crippen LogP contribution in [0.1, 0.15) is 37.0 Å². The number of hydrogen-bond acceptors (Lipinski definition) is 3. The molecular weight excluding hydrogens is 254 g/mol. The topological polar surface area (TPSA) is 58.6 Å². The predicted molar refractivity (Wildman–Crippen MR) is 78.3 cm³/mol. The lowest BCUT2D eigenvalue weighted by molar-refractivity contribution is 0.0697. The number of carbonyl (C=O) groups is 1. The Kier molecular flexibility index (Phi) is 4.65. The third kappa shape index (κ3) is 3.73. The summed E-state index contributed by atoms with van der Waals surface area (Å²) in [5.74, 6) is 0.530. The van der Waals surface area contributed by atoms with Crippen LogP contribution in [0.25, 0.3) is 0 Å². The van der Waals surface area contributed by atoms with Crippen LogP contribution in [0.15, 0.2) is 24.3 Å². The van der Waals surface area contributed by atoms with Crippen LogP contribution in [-0.4, -0.2) is 30.8 Å². The molecule has 2 rings (SSSR count). The number of ether oxygens (including phenoxy) is 1. The molecule has 0 aliphatic heterocycles. The van der Waals surface area contributed by atoms with Gasteiger partial charge >= 0.3 is 5.97 Å². The second-order valence-corrected chi connectivity index (χ2v) is 5.87. The molecule has 0 atom stereocenters. The van der Waals surface area contributed by atoms with Gasteiger partial charge in [0.25, 0.3) is 0 Å². The quantitative estimate of drug-likeness (QED) is 0.717. The average Bonchev–Trinajstić information content (AvgIpc) is 3.20. The summed E-state index contributed by atoms with van der Waals surface area (Å²) in [6.07, 6.45) is 2.66. The summed E-state index contributed by atoms with van der Waals surface area (Å²) in [5.41, 5.74) is 0.798. The van der Waals surface area contributed by atoms with Crippen molar-refractivity contribution in [2.45, 2.75) is 26.7 Å². The van der Waals surface area contributed by atoms with Gasteiger partial charge in [-0.05, 0) is 48.4 Å². The molecule has 1 aliphatic carbocycles. The number of benzene rings is 1. The monoisotopic (exact) mass is 277 g/mol. The first-order chi connectivity index (χ1) is 9.53. The van der Waals surface area contributed by atoms with Crippen molar-refractivity contribution < 1.29 is 14.6 Å². The summed E-state index contributed by atoms with van der Waals surface area (Å²) in [6.45, 7) is 7.05. The molecule has 0 aromatic heterocycles. The van der Waals surface area contributed by atoms with Crippen molar-refractivity contribution in [1.29, 1.82) is 0 Å². The molecular formula is C16H23NO3. The van der Waals surface area contributed by atoms with Crippen LogP contribution in [0, 0.1) is 11.3 Å². The van der Waals surface area contributed by atoms with Gasteiger partial charge in [0.15, 0.2) is 0 Å². The zero-order valence-electron chi connectivity index (χ0n) is 12.2. The highest BCUT2D eigenvalue weighted by atomic mass is 16.5. The molecule has 4 heteroatoms. The molecule has 4 nitrogen and oxygen atoms in total. The van der Waals surface area contributed by atoms with Gasteiger partial charge in [-0.25, -0.2) is 4.79 Å². The van der Waals surface area contributed by atoms with Crippen LogP contribution in [0.4, 0.5) is 0 Å². The summed E-state index contributed by atoms with van der Waals surface area (Å²) in [7, 11) is 0. The van der Waals surface area contributed by atoms with Gasteiger partial charge in [0, 0.05) is 13.1 Å². The van der Waals surface area contributed by atoms with Crippen molar-refractivity contribution in [3.05, 3.63) is 29.8 Å². The van der Waals surface area contributed by atoms with Crippen molar-refractivity contribution in [3.63, 3.8) is 0 Å². The Labute approximate surface area is 120 Å². The SMILES string of the molecule is CC(C)C1(CNCCOc2ccc(C(=O)O)cc2)CC1. The fourth-order valence-electron chi connectivity index (χ4n) is 2.39. The van der Waals surface area contributed by atoms with E-state index in [1.165, 1.54) is 12.8 Å². The first-order valence-electron chi connectivity index (χ1n) is 7.20. The predicted octanol–water partition coefficient (Wildman–Crippen LogP) is 2.79.